The van der Waals surface area contributed by atoms with Crippen molar-refractivity contribution in [2.24, 2.45) is 4.99 Å². The number of nitrogens with one attached hydrogen (secondary N) is 1. The van der Waals surface area contributed by atoms with Crippen molar-refractivity contribution >= 4 is 16.9 Å². The summed E-state index contributed by atoms with van der Waals surface area (Å²) in [5.41, 5.74) is 0.344. The van der Waals surface area contributed by atoms with Crippen LogP contribution in [0.2, 0.25) is 0 Å². The van der Waals surface area contributed by atoms with E-state index >= 15 is 0 Å². The van der Waals surface area contributed by atoms with Gasteiger partial charge >= 0.3 is 6.18 Å². The fourth-order valence-electron chi connectivity index (χ4n) is 3.27. The molecule has 2 aliphatic heterocycles. The van der Waals surface area contributed by atoms with Crippen LogP contribution in [0.4, 0.5) is 17.6 Å². The number of alkyl halides is 4. The van der Waals surface area contributed by atoms with Crippen LogP contribution in [0, 0.1) is 0 Å². The summed E-state index contributed by atoms with van der Waals surface area (Å²) >= 11 is 1.04. The van der Waals surface area contributed by atoms with Crippen molar-refractivity contribution < 1.29 is 37.2 Å². The van der Waals surface area contributed by atoms with Crippen molar-refractivity contribution in [2.45, 2.75) is 55.1 Å². The molecule has 0 aromatic heterocycles. The number of thioether (sulfide) groups is 1. The second-order valence-corrected chi connectivity index (χ2v) is 7.88. The number of ether oxygens (including phenoxy) is 2. The Morgan fingerprint density at radius 2 is 1.86 bits per heavy atom. The summed E-state index contributed by atoms with van der Waals surface area (Å²) in [7, 11) is 1.49. The van der Waals surface area contributed by atoms with Crippen LogP contribution in [0.25, 0.3) is 0 Å². The van der Waals surface area contributed by atoms with E-state index in [1.54, 1.807) is 24.3 Å². The highest BCUT2D eigenvalue weighted by molar-refractivity contribution is 8.14. The van der Waals surface area contributed by atoms with E-state index in [0.29, 0.717) is 10.7 Å². The van der Waals surface area contributed by atoms with Gasteiger partial charge in [0.05, 0.1) is 19.3 Å². The van der Waals surface area contributed by atoms with Gasteiger partial charge in [-0.3, -0.25) is 9.38 Å². The first-order valence-electron chi connectivity index (χ1n) is 8.98. The molecular weight excluding hydrogens is 416 g/mol. The fourth-order valence-corrected chi connectivity index (χ4v) is 4.36. The van der Waals surface area contributed by atoms with Gasteiger partial charge in [-0.25, -0.2) is 0 Å². The zero-order valence-corrected chi connectivity index (χ0v) is 16.3. The summed E-state index contributed by atoms with van der Waals surface area (Å²) in [4.78, 5) is 3.90. The molecule has 2 heterocycles. The van der Waals surface area contributed by atoms with Crippen LogP contribution >= 0.6 is 11.8 Å². The topological polar surface area (TPSA) is 83.3 Å². The van der Waals surface area contributed by atoms with E-state index < -0.39 is 48.7 Å². The molecule has 1 aromatic carbocycles. The minimum Gasteiger partial charge on any atom is -0.388 e. The summed E-state index contributed by atoms with van der Waals surface area (Å²) in [5, 5.41) is 23.8. The Morgan fingerprint density at radius 3 is 2.45 bits per heavy atom. The largest absolute Gasteiger partial charge is 0.417 e. The van der Waals surface area contributed by atoms with E-state index in [0.717, 1.165) is 17.3 Å². The number of aliphatic hydroxyl groups is 2. The number of aliphatic hydroxyl groups excluding tert-OH is 2. The zero-order chi connectivity index (χ0) is 21.2. The Kier molecular flexibility index (Phi) is 7.05. The molecule has 162 valence electrons. The van der Waals surface area contributed by atoms with Crippen molar-refractivity contribution in [1.82, 2.24) is 5.32 Å². The summed E-state index contributed by atoms with van der Waals surface area (Å²) in [6.07, 6.45) is -12.1. The van der Waals surface area contributed by atoms with Gasteiger partial charge < -0.3 is 25.0 Å². The number of hydrogen-bond donors (Lipinski definition) is 3. The predicted octanol–water partition coefficient (Wildman–Crippen LogP) is 1.78. The van der Waals surface area contributed by atoms with Gasteiger partial charge in [0.15, 0.2) is 11.3 Å². The predicted molar refractivity (Wildman–Crippen MR) is 99.3 cm³/mol. The maximum Gasteiger partial charge on any atom is 0.417 e. The van der Waals surface area contributed by atoms with Gasteiger partial charge in [0, 0.05) is 13.5 Å². The normalized spacial score (nSPS) is 32.1. The van der Waals surface area contributed by atoms with Crippen molar-refractivity contribution in [3.63, 3.8) is 0 Å². The Hall–Kier alpha value is -1.40. The van der Waals surface area contributed by atoms with Crippen LogP contribution in [0.3, 0.4) is 0 Å². The van der Waals surface area contributed by atoms with E-state index in [9.17, 15) is 27.8 Å². The van der Waals surface area contributed by atoms with Crippen molar-refractivity contribution in [3.8, 4) is 0 Å². The van der Waals surface area contributed by atoms with E-state index in [-0.39, 0.29) is 13.0 Å². The summed E-state index contributed by atoms with van der Waals surface area (Å²) in [6, 6.07) is 5.58. The summed E-state index contributed by atoms with van der Waals surface area (Å²) < 4.78 is 64.0. The molecule has 6 unspecified atom stereocenters. The zero-order valence-electron chi connectivity index (χ0n) is 15.5. The lowest BCUT2D eigenvalue weighted by Crippen LogP contribution is -2.63. The fraction of sp³-hybridized carbons (Fsp3) is 0.611. The first-order chi connectivity index (χ1) is 13.7. The number of nitrogens with zero attached hydrogens (tertiary/aromatic N) is 1. The monoisotopic (exact) mass is 438 g/mol. The smallest absolute Gasteiger partial charge is 0.388 e. The first kappa shape index (κ1) is 22.3. The van der Waals surface area contributed by atoms with E-state index in [4.69, 9.17) is 9.47 Å². The molecule has 3 rings (SSSR count). The quantitative estimate of drug-likeness (QED) is 0.588. The van der Waals surface area contributed by atoms with Gasteiger partial charge in [-0.05, 0) is 11.1 Å². The molecule has 2 saturated heterocycles. The molecule has 0 spiro atoms. The molecule has 2 fully saturated rings. The third-order valence-corrected chi connectivity index (χ3v) is 5.98. The minimum atomic E-state index is -4.83. The molecule has 0 amide bonds. The molecule has 6 nitrogen and oxygen atoms in total. The van der Waals surface area contributed by atoms with Crippen LogP contribution in [-0.2, 0) is 22.5 Å². The average Bonchev–Trinajstić information content (AvgIpc) is 3.09. The molecule has 1 aromatic rings. The Labute approximate surface area is 169 Å². The van der Waals surface area contributed by atoms with E-state index in [1.807, 2.05) is 0 Å². The highest BCUT2D eigenvalue weighted by atomic mass is 32.2. The molecule has 6 atom stereocenters. The number of benzene rings is 1. The molecule has 0 radical (unpaired) electrons. The Balaban J connectivity index is 1.73. The standard InChI is InChI=1S/C18H22F4N2O4S/c1-23-17-24-11-12(25)13(26)14(28-16(11)29-17)15(18(20,21)22)27-8-10-4-2-9(3-5-10)6-7-19/h2-5,11-16,25-26H,6-8H2,1H3,(H,23,24). The molecule has 0 aliphatic carbocycles. The molecule has 0 saturated carbocycles. The van der Waals surface area contributed by atoms with Gasteiger partial charge in [-0.2, -0.15) is 13.2 Å². The third-order valence-electron chi connectivity index (χ3n) is 4.82. The molecule has 11 heteroatoms. The molecule has 0 bridgehead atoms. The van der Waals surface area contributed by atoms with Gasteiger partial charge in [-0.1, -0.05) is 36.0 Å². The van der Waals surface area contributed by atoms with Crippen molar-refractivity contribution in [1.29, 1.82) is 0 Å². The maximum atomic E-state index is 13.7. The Morgan fingerprint density at radius 1 is 1.21 bits per heavy atom. The van der Waals surface area contributed by atoms with Crippen molar-refractivity contribution in [2.75, 3.05) is 13.7 Å². The third kappa shape index (κ3) is 5.02. The van der Waals surface area contributed by atoms with Crippen LogP contribution in [0.5, 0.6) is 0 Å². The number of amidine groups is 1. The number of hydrogen-bond acceptors (Lipinski definition) is 6. The number of halogens is 4. The van der Waals surface area contributed by atoms with E-state index in [2.05, 4.69) is 10.3 Å². The first-order valence-corrected chi connectivity index (χ1v) is 9.86. The lowest BCUT2D eigenvalue weighted by molar-refractivity contribution is -0.287. The van der Waals surface area contributed by atoms with Gasteiger partial charge in [-0.15, -0.1) is 0 Å². The summed E-state index contributed by atoms with van der Waals surface area (Å²) in [5.74, 6) is 0. The number of aryl methyl sites for hydroxylation is 1. The average molecular weight is 438 g/mol. The number of aliphatic imine (C=N–C) groups is 1. The van der Waals surface area contributed by atoms with Crippen LogP contribution in [-0.4, -0.2) is 71.2 Å². The van der Waals surface area contributed by atoms with Crippen LogP contribution < -0.4 is 5.32 Å². The van der Waals surface area contributed by atoms with Gasteiger partial charge in [0.2, 0.25) is 0 Å². The highest BCUT2D eigenvalue weighted by Gasteiger charge is 2.57. The number of fused-ring (bicyclic) bond motifs is 1. The molecule has 29 heavy (non-hydrogen) atoms. The molecule has 2 aliphatic rings. The van der Waals surface area contributed by atoms with Gasteiger partial charge in [0.25, 0.3) is 0 Å². The lowest BCUT2D eigenvalue weighted by atomic mass is 9.94. The minimum absolute atomic E-state index is 0.226. The maximum absolute atomic E-state index is 13.7. The molecular formula is C18H22F4N2O4S. The second kappa shape index (κ2) is 9.17. The summed E-state index contributed by atoms with van der Waals surface area (Å²) in [6.45, 7) is -0.908. The van der Waals surface area contributed by atoms with E-state index in [1.165, 1.54) is 7.05 Å². The molecule has 3 N–H and O–H groups in total. The van der Waals surface area contributed by atoms with Crippen LogP contribution in [0.15, 0.2) is 29.3 Å². The SMILES string of the molecule is CN=C1NC2C(OC(C(OCc3ccc(CCF)cc3)C(F)(F)F)C(O)C2O)S1. The van der Waals surface area contributed by atoms with Gasteiger partial charge in [0.1, 0.15) is 23.7 Å². The lowest BCUT2D eigenvalue weighted by Gasteiger charge is -2.42. The Bertz CT molecular complexity index is 719. The highest BCUT2D eigenvalue weighted by Crippen LogP contribution is 2.39. The van der Waals surface area contributed by atoms with Crippen molar-refractivity contribution in [3.05, 3.63) is 35.4 Å². The van der Waals surface area contributed by atoms with Crippen LogP contribution in [0.1, 0.15) is 11.1 Å². The number of rotatable bonds is 6. The second-order valence-electron chi connectivity index (χ2n) is 6.80.